The summed E-state index contributed by atoms with van der Waals surface area (Å²) in [5, 5.41) is 0. The van der Waals surface area contributed by atoms with E-state index in [2.05, 4.69) is 50.2 Å². The van der Waals surface area contributed by atoms with Crippen LogP contribution in [0, 0.1) is 12.1 Å². The topological polar surface area (TPSA) is 0 Å². The normalized spacial score (nSPS) is 15.4. The molecule has 2 aromatic rings. The van der Waals surface area contributed by atoms with Gasteiger partial charge in [0.1, 0.15) is 0 Å². The minimum Gasteiger partial charge on any atom is -0.0642 e. The van der Waals surface area contributed by atoms with Crippen LogP contribution in [-0.4, -0.2) is 0 Å². The van der Waals surface area contributed by atoms with Crippen molar-refractivity contribution in [3.8, 4) is 11.1 Å². The Morgan fingerprint density at radius 2 is 1.35 bits per heavy atom. The lowest BCUT2D eigenvalue weighted by Gasteiger charge is -2.29. The Labute approximate surface area is 103 Å². The molecule has 0 unspecified atom stereocenters. The van der Waals surface area contributed by atoms with Crippen LogP contribution in [0.5, 0.6) is 0 Å². The molecule has 0 N–H and O–H groups in total. The molecule has 0 saturated heterocycles. The molecule has 0 amide bonds. The molecule has 1 aliphatic rings. The lowest BCUT2D eigenvalue weighted by molar-refractivity contribution is 0.490. The van der Waals surface area contributed by atoms with Crippen LogP contribution >= 0.6 is 0 Å². The van der Waals surface area contributed by atoms with Crippen molar-refractivity contribution in [1.82, 2.24) is 0 Å². The van der Waals surface area contributed by atoms with Crippen LogP contribution in [0.2, 0.25) is 0 Å². The molecule has 0 bridgehead atoms. The van der Waals surface area contributed by atoms with Crippen molar-refractivity contribution in [3.63, 3.8) is 0 Å². The molecule has 0 atom stereocenters. The Morgan fingerprint density at radius 1 is 0.882 bits per heavy atom. The smallest absolute Gasteiger partial charge is 0.0210 e. The van der Waals surface area contributed by atoms with Gasteiger partial charge in [-0.15, -0.1) is 0 Å². The third kappa shape index (κ3) is 1.24. The second-order valence-corrected chi connectivity index (χ2v) is 4.73. The summed E-state index contributed by atoms with van der Waals surface area (Å²) in [5.74, 6) is 0. The predicted molar refractivity (Wildman–Crippen MR) is 70.9 cm³/mol. The van der Waals surface area contributed by atoms with Crippen LogP contribution in [0.4, 0.5) is 0 Å². The van der Waals surface area contributed by atoms with Crippen LogP contribution < -0.4 is 0 Å². The fourth-order valence-electron chi connectivity index (χ4n) is 3.28. The predicted octanol–water partition coefficient (Wildman–Crippen LogP) is 4.37. The van der Waals surface area contributed by atoms with Crippen LogP contribution in [0.3, 0.4) is 0 Å². The number of hydrogen-bond acceptors (Lipinski definition) is 0. The summed E-state index contributed by atoms with van der Waals surface area (Å²) in [5.41, 5.74) is 5.84. The third-order valence-electron chi connectivity index (χ3n) is 4.26. The van der Waals surface area contributed by atoms with Crippen molar-refractivity contribution >= 4 is 0 Å². The van der Waals surface area contributed by atoms with Crippen molar-refractivity contribution in [1.29, 1.82) is 0 Å². The lowest BCUT2D eigenvalue weighted by Crippen LogP contribution is -2.22. The molecule has 0 nitrogen and oxygen atoms in total. The van der Waals surface area contributed by atoms with E-state index in [9.17, 15) is 0 Å². The highest BCUT2D eigenvalue weighted by Gasteiger charge is 2.39. The Bertz CT molecular complexity index is 500. The van der Waals surface area contributed by atoms with E-state index < -0.39 is 0 Å². The molecule has 0 aliphatic heterocycles. The van der Waals surface area contributed by atoms with Crippen LogP contribution in [-0.2, 0) is 5.41 Å². The van der Waals surface area contributed by atoms with Gasteiger partial charge < -0.3 is 0 Å². The molecule has 1 aliphatic carbocycles. The summed E-state index contributed by atoms with van der Waals surface area (Å²) in [6.07, 6.45) is 2.28. The maximum Gasteiger partial charge on any atom is 0.0210 e. The van der Waals surface area contributed by atoms with Gasteiger partial charge in [-0.25, -0.2) is 0 Å². The minimum absolute atomic E-state index is 0.181. The Balaban J connectivity index is 2.38. The minimum atomic E-state index is 0.181. The summed E-state index contributed by atoms with van der Waals surface area (Å²) < 4.78 is 0. The van der Waals surface area contributed by atoms with E-state index in [0.717, 1.165) is 12.8 Å². The molecular weight excluding hydrogens is 204 g/mol. The first-order valence-corrected chi connectivity index (χ1v) is 6.35. The van der Waals surface area contributed by atoms with Gasteiger partial charge in [-0.3, -0.25) is 0 Å². The highest BCUT2D eigenvalue weighted by Crippen LogP contribution is 2.51. The molecule has 17 heavy (non-hydrogen) atoms. The maximum absolute atomic E-state index is 3.24. The highest BCUT2D eigenvalue weighted by molar-refractivity contribution is 5.80. The zero-order valence-corrected chi connectivity index (χ0v) is 10.4. The van der Waals surface area contributed by atoms with Crippen LogP contribution in [0.1, 0.15) is 37.8 Å². The molecule has 0 aromatic heterocycles. The monoisotopic (exact) mass is 220 g/mol. The average Bonchev–Trinajstić information content (AvgIpc) is 2.70. The molecule has 3 rings (SSSR count). The second kappa shape index (κ2) is 3.73. The van der Waals surface area contributed by atoms with E-state index in [4.69, 9.17) is 0 Å². The standard InChI is InChI=1S/C17H16/c1-3-17(4-2)15-11-7-5-9-13(15)14-10-6-8-12-16(14)17/h5-6,9-12H,3-4H2,1-2H3. The molecule has 0 saturated carbocycles. The zero-order valence-electron chi connectivity index (χ0n) is 10.4. The van der Waals surface area contributed by atoms with Crippen molar-refractivity contribution in [2.75, 3.05) is 0 Å². The first-order chi connectivity index (χ1) is 8.33. The quantitative estimate of drug-likeness (QED) is 0.704. The summed E-state index contributed by atoms with van der Waals surface area (Å²) in [6.45, 7) is 4.56. The number of hydrogen-bond donors (Lipinski definition) is 0. The highest BCUT2D eigenvalue weighted by atomic mass is 14.4. The lowest BCUT2D eigenvalue weighted by atomic mass is 9.74. The van der Waals surface area contributed by atoms with Gasteiger partial charge in [0, 0.05) is 5.41 Å². The Hall–Kier alpha value is -1.56. The van der Waals surface area contributed by atoms with Gasteiger partial charge in [-0.1, -0.05) is 38.1 Å². The first kappa shape index (κ1) is 10.6. The van der Waals surface area contributed by atoms with Gasteiger partial charge >= 0.3 is 0 Å². The van der Waals surface area contributed by atoms with Crippen molar-refractivity contribution < 1.29 is 0 Å². The van der Waals surface area contributed by atoms with Gasteiger partial charge in [-0.05, 0) is 59.4 Å². The van der Waals surface area contributed by atoms with Gasteiger partial charge in [0.2, 0.25) is 0 Å². The van der Waals surface area contributed by atoms with E-state index in [-0.39, 0.29) is 5.41 Å². The number of fused-ring (bicyclic) bond motifs is 3. The van der Waals surface area contributed by atoms with Gasteiger partial charge in [0.15, 0.2) is 0 Å². The SMILES string of the molecule is CCC1(CC)c2c[c]ccc2-c2cc[c]cc21. The van der Waals surface area contributed by atoms with E-state index in [0.29, 0.717) is 0 Å². The fraction of sp³-hybridized carbons (Fsp3) is 0.294. The molecule has 84 valence electrons. The Morgan fingerprint density at radius 3 is 1.76 bits per heavy atom. The van der Waals surface area contributed by atoms with E-state index in [1.54, 1.807) is 0 Å². The largest absolute Gasteiger partial charge is 0.0642 e. The Kier molecular flexibility index (Phi) is 2.32. The van der Waals surface area contributed by atoms with Gasteiger partial charge in [0.25, 0.3) is 0 Å². The van der Waals surface area contributed by atoms with Crippen molar-refractivity contribution in [2.45, 2.75) is 32.1 Å². The molecule has 0 fully saturated rings. The summed E-state index contributed by atoms with van der Waals surface area (Å²) in [4.78, 5) is 0. The van der Waals surface area contributed by atoms with Crippen molar-refractivity contribution in [2.24, 2.45) is 0 Å². The number of benzene rings is 2. The molecule has 0 heterocycles. The average molecular weight is 220 g/mol. The molecular formula is C17H16. The van der Waals surface area contributed by atoms with Crippen LogP contribution in [0.15, 0.2) is 36.4 Å². The van der Waals surface area contributed by atoms with Gasteiger partial charge in [0.05, 0.1) is 0 Å². The maximum atomic E-state index is 3.24. The molecule has 2 aromatic carbocycles. The summed E-state index contributed by atoms with van der Waals surface area (Å²) in [6, 6.07) is 19.2. The number of rotatable bonds is 2. The summed E-state index contributed by atoms with van der Waals surface area (Å²) in [7, 11) is 0. The van der Waals surface area contributed by atoms with Crippen molar-refractivity contribution in [3.05, 3.63) is 59.7 Å². The van der Waals surface area contributed by atoms with Crippen LogP contribution in [0.25, 0.3) is 11.1 Å². The summed E-state index contributed by atoms with van der Waals surface area (Å²) >= 11 is 0. The fourth-order valence-corrected chi connectivity index (χ4v) is 3.28. The van der Waals surface area contributed by atoms with E-state index in [1.165, 1.54) is 22.3 Å². The van der Waals surface area contributed by atoms with Gasteiger partial charge in [-0.2, -0.15) is 0 Å². The molecule has 2 radical (unpaired) electrons. The van der Waals surface area contributed by atoms with E-state index in [1.807, 2.05) is 12.1 Å². The third-order valence-corrected chi connectivity index (χ3v) is 4.26. The second-order valence-electron chi connectivity index (χ2n) is 4.73. The molecule has 0 spiro atoms. The zero-order chi connectivity index (χ0) is 11.9. The molecule has 0 heteroatoms. The first-order valence-electron chi connectivity index (χ1n) is 6.35. The van der Waals surface area contributed by atoms with E-state index >= 15 is 0 Å².